The van der Waals surface area contributed by atoms with Crippen molar-refractivity contribution < 1.29 is 9.13 Å². The summed E-state index contributed by atoms with van der Waals surface area (Å²) in [5, 5.41) is 0. The van der Waals surface area contributed by atoms with Crippen LogP contribution in [0.15, 0.2) is 36.9 Å². The van der Waals surface area contributed by atoms with Crippen molar-refractivity contribution in [2.75, 3.05) is 6.61 Å². The van der Waals surface area contributed by atoms with E-state index in [0.717, 1.165) is 0 Å². The largest absolute Gasteiger partial charge is 0.481 e. The molecule has 1 nitrogen and oxygen atoms in total. The van der Waals surface area contributed by atoms with Crippen LogP contribution in [0.2, 0.25) is 0 Å². The van der Waals surface area contributed by atoms with Crippen LogP contribution >= 0.6 is 0 Å². The summed E-state index contributed by atoms with van der Waals surface area (Å²) in [6.45, 7) is 10.7. The lowest BCUT2D eigenvalue weighted by atomic mass is 9.85. The number of benzene rings is 1. The smallest absolute Gasteiger partial charge is 0.149 e. The lowest BCUT2D eigenvalue weighted by Crippen LogP contribution is -2.13. The van der Waals surface area contributed by atoms with Crippen molar-refractivity contribution in [2.45, 2.75) is 20.8 Å². The highest BCUT2D eigenvalue weighted by molar-refractivity contribution is 5.23. The molecule has 0 saturated carbocycles. The van der Waals surface area contributed by atoms with E-state index in [2.05, 4.69) is 39.2 Å². The van der Waals surface area contributed by atoms with E-state index in [1.807, 2.05) is 6.08 Å². The fourth-order valence-corrected chi connectivity index (χ4v) is 1.63. The number of allylic oxidation sites excluding steroid dienone is 1. The highest BCUT2D eigenvalue weighted by Gasteiger charge is 2.14. The Bertz CT molecular complexity index is 450. The molecule has 1 aromatic rings. The topological polar surface area (TPSA) is 9.23 Å². The molecule has 0 aliphatic heterocycles. The summed E-state index contributed by atoms with van der Waals surface area (Å²) in [4.78, 5) is 0. The van der Waals surface area contributed by atoms with Crippen molar-refractivity contribution in [1.29, 1.82) is 0 Å². The van der Waals surface area contributed by atoms with Crippen molar-refractivity contribution in [2.24, 2.45) is 17.8 Å². The zero-order chi connectivity index (χ0) is 14.3. The monoisotopic (exact) mass is 260 g/mol. The van der Waals surface area contributed by atoms with E-state index in [4.69, 9.17) is 4.74 Å². The van der Waals surface area contributed by atoms with Crippen LogP contribution in [0.3, 0.4) is 0 Å². The third-order valence-electron chi connectivity index (χ3n) is 3.27. The standard InChI is InChI=1S/C17H21FO/c1-5-15(14(4)13(2)3)7-6-12-19-17-10-8-16(18)9-11-17/h5,8-11,13-15H,1,12H2,2-4H3/t14-,15-/m0/s1. The van der Waals surface area contributed by atoms with Crippen LogP contribution in [0.1, 0.15) is 20.8 Å². The molecule has 0 aliphatic rings. The average Bonchev–Trinajstić information content (AvgIpc) is 2.40. The molecule has 0 heterocycles. The molecule has 1 rings (SSSR count). The second-order valence-electron chi connectivity index (χ2n) is 4.93. The van der Waals surface area contributed by atoms with Gasteiger partial charge in [0.25, 0.3) is 0 Å². The first-order chi connectivity index (χ1) is 9.04. The van der Waals surface area contributed by atoms with Crippen molar-refractivity contribution >= 4 is 0 Å². The quantitative estimate of drug-likeness (QED) is 0.566. The molecule has 1 aromatic carbocycles. The zero-order valence-electron chi connectivity index (χ0n) is 11.8. The number of halogens is 1. The van der Waals surface area contributed by atoms with Crippen LogP contribution in [0.4, 0.5) is 4.39 Å². The van der Waals surface area contributed by atoms with E-state index in [1.165, 1.54) is 12.1 Å². The maximum atomic E-state index is 12.7. The number of hydrogen-bond donors (Lipinski definition) is 0. The zero-order valence-corrected chi connectivity index (χ0v) is 11.8. The highest BCUT2D eigenvalue weighted by Crippen LogP contribution is 2.20. The summed E-state index contributed by atoms with van der Waals surface area (Å²) in [5.74, 6) is 7.73. The molecule has 0 N–H and O–H groups in total. The molecule has 0 aromatic heterocycles. The van der Waals surface area contributed by atoms with Crippen LogP contribution in [0.25, 0.3) is 0 Å². The molecule has 0 amide bonds. The summed E-state index contributed by atoms with van der Waals surface area (Å²) >= 11 is 0. The summed E-state index contributed by atoms with van der Waals surface area (Å²) in [7, 11) is 0. The molecule has 2 heteroatoms. The summed E-state index contributed by atoms with van der Waals surface area (Å²) in [5.41, 5.74) is 0. The van der Waals surface area contributed by atoms with Crippen LogP contribution in [0, 0.1) is 35.4 Å². The van der Waals surface area contributed by atoms with E-state index >= 15 is 0 Å². The Labute approximate surface area is 115 Å². The van der Waals surface area contributed by atoms with Crippen LogP contribution in [-0.4, -0.2) is 6.61 Å². The summed E-state index contributed by atoms with van der Waals surface area (Å²) in [6.07, 6.45) is 1.88. The fourth-order valence-electron chi connectivity index (χ4n) is 1.63. The Hall–Kier alpha value is -1.75. The maximum absolute atomic E-state index is 12.7. The summed E-state index contributed by atoms with van der Waals surface area (Å²) < 4.78 is 18.1. The van der Waals surface area contributed by atoms with E-state index in [0.29, 0.717) is 24.2 Å². The van der Waals surface area contributed by atoms with Crippen LogP contribution in [-0.2, 0) is 0 Å². The first kappa shape index (κ1) is 15.3. The lowest BCUT2D eigenvalue weighted by Gasteiger charge is -2.19. The van der Waals surface area contributed by atoms with Crippen molar-refractivity contribution in [3.8, 4) is 17.6 Å². The second-order valence-corrected chi connectivity index (χ2v) is 4.93. The Kier molecular flexibility index (Phi) is 6.15. The predicted octanol–water partition coefficient (Wildman–Crippen LogP) is 4.30. The minimum Gasteiger partial charge on any atom is -0.481 e. The van der Waals surface area contributed by atoms with Crippen LogP contribution in [0.5, 0.6) is 5.75 Å². The van der Waals surface area contributed by atoms with Gasteiger partial charge in [0.15, 0.2) is 0 Å². The third-order valence-corrected chi connectivity index (χ3v) is 3.27. The van der Waals surface area contributed by atoms with Gasteiger partial charge in [-0.25, -0.2) is 4.39 Å². The third kappa shape index (κ3) is 5.18. The van der Waals surface area contributed by atoms with Gasteiger partial charge in [-0.3, -0.25) is 0 Å². The van der Waals surface area contributed by atoms with Gasteiger partial charge in [0.2, 0.25) is 0 Å². The van der Waals surface area contributed by atoms with Gasteiger partial charge in [-0.05, 0) is 36.1 Å². The minimum absolute atomic E-state index is 0.178. The molecule has 0 spiro atoms. The SMILES string of the molecule is C=C[C@@H](C#CCOc1ccc(F)cc1)[C@@H](C)C(C)C. The molecule has 0 fully saturated rings. The predicted molar refractivity (Wildman–Crippen MR) is 77.4 cm³/mol. The molecule has 0 bridgehead atoms. The molecule has 0 unspecified atom stereocenters. The van der Waals surface area contributed by atoms with Gasteiger partial charge in [0.05, 0.1) is 0 Å². The first-order valence-corrected chi connectivity index (χ1v) is 6.54. The number of hydrogen-bond acceptors (Lipinski definition) is 1. The Balaban J connectivity index is 2.49. The molecular formula is C17H21FO. The van der Waals surface area contributed by atoms with Crippen molar-refractivity contribution in [3.63, 3.8) is 0 Å². The molecule has 102 valence electrons. The van der Waals surface area contributed by atoms with Gasteiger partial charge in [-0.2, -0.15) is 0 Å². The van der Waals surface area contributed by atoms with E-state index in [9.17, 15) is 4.39 Å². The Morgan fingerprint density at radius 2 is 1.89 bits per heavy atom. The Morgan fingerprint density at radius 3 is 2.42 bits per heavy atom. The average molecular weight is 260 g/mol. The minimum atomic E-state index is -0.268. The van der Waals surface area contributed by atoms with Gasteiger partial charge >= 0.3 is 0 Å². The molecule has 0 radical (unpaired) electrons. The first-order valence-electron chi connectivity index (χ1n) is 6.54. The van der Waals surface area contributed by atoms with E-state index in [1.54, 1.807) is 12.1 Å². The Morgan fingerprint density at radius 1 is 1.26 bits per heavy atom. The van der Waals surface area contributed by atoms with Gasteiger partial charge in [-0.1, -0.05) is 38.7 Å². The summed E-state index contributed by atoms with van der Waals surface area (Å²) in [6, 6.07) is 5.93. The van der Waals surface area contributed by atoms with Crippen molar-refractivity contribution in [3.05, 3.63) is 42.7 Å². The van der Waals surface area contributed by atoms with E-state index in [-0.39, 0.29) is 11.7 Å². The molecule has 0 aliphatic carbocycles. The van der Waals surface area contributed by atoms with Gasteiger partial charge in [0, 0.05) is 5.92 Å². The maximum Gasteiger partial charge on any atom is 0.149 e. The van der Waals surface area contributed by atoms with Crippen molar-refractivity contribution in [1.82, 2.24) is 0 Å². The number of ether oxygens (including phenoxy) is 1. The number of rotatable bonds is 5. The highest BCUT2D eigenvalue weighted by atomic mass is 19.1. The van der Waals surface area contributed by atoms with Gasteiger partial charge in [-0.15, -0.1) is 6.58 Å². The molecule has 2 atom stereocenters. The normalized spacial score (nSPS) is 13.3. The van der Waals surface area contributed by atoms with E-state index < -0.39 is 0 Å². The fraction of sp³-hybridized carbons (Fsp3) is 0.412. The second kappa shape index (κ2) is 7.63. The molecule has 0 saturated heterocycles. The van der Waals surface area contributed by atoms with Gasteiger partial charge < -0.3 is 4.74 Å². The van der Waals surface area contributed by atoms with Crippen LogP contribution < -0.4 is 4.74 Å². The van der Waals surface area contributed by atoms with Gasteiger partial charge in [0.1, 0.15) is 18.2 Å². The molecule has 19 heavy (non-hydrogen) atoms. The molecular weight excluding hydrogens is 239 g/mol. The lowest BCUT2D eigenvalue weighted by molar-refractivity contribution is 0.363.